The van der Waals surface area contributed by atoms with E-state index < -0.39 is 12.1 Å². The summed E-state index contributed by atoms with van der Waals surface area (Å²) < 4.78 is 12.2. The summed E-state index contributed by atoms with van der Waals surface area (Å²) in [6.45, 7) is 16.1. The molecule has 276 valence electrons. The number of aryl methyl sites for hydroxylation is 1. The Morgan fingerprint density at radius 2 is 1.82 bits per heavy atom. The van der Waals surface area contributed by atoms with Crippen molar-refractivity contribution in [3.63, 3.8) is 0 Å². The molecule has 1 aromatic carbocycles. The fourth-order valence-electron chi connectivity index (χ4n) is 6.73. The molecule has 1 atom stereocenters. The van der Waals surface area contributed by atoms with Crippen LogP contribution in [0, 0.1) is 12.8 Å². The van der Waals surface area contributed by atoms with Crippen molar-refractivity contribution in [1.82, 2.24) is 19.8 Å². The van der Waals surface area contributed by atoms with Crippen molar-refractivity contribution in [2.45, 2.75) is 112 Å². The maximum Gasteiger partial charge on any atom is 0.310 e. The number of carbonyl (C=O) groups excluding carboxylic acids is 4. The van der Waals surface area contributed by atoms with E-state index in [9.17, 15) is 24.0 Å². The van der Waals surface area contributed by atoms with Gasteiger partial charge in [-0.25, -0.2) is 4.98 Å². The molecule has 1 N–H and O–H groups in total. The van der Waals surface area contributed by atoms with Crippen molar-refractivity contribution in [3.05, 3.63) is 61.4 Å². The minimum absolute atomic E-state index is 0.0430. The average molecular weight is 723 g/mol. The number of piperidine rings is 1. The number of ketones is 1. The normalized spacial score (nSPS) is 16.6. The number of fused-ring (bicyclic) bond motifs is 5. The molecule has 0 saturated carbocycles. The Morgan fingerprint density at radius 1 is 1.10 bits per heavy atom. The molecule has 3 aromatic rings. The zero-order chi connectivity index (χ0) is 37.2. The number of hydrogen-bond donors (Lipinski definition) is 1. The molecule has 1 fully saturated rings. The van der Waals surface area contributed by atoms with Gasteiger partial charge in [0, 0.05) is 53.9 Å². The van der Waals surface area contributed by atoms with Gasteiger partial charge in [-0.05, 0) is 81.4 Å². The molecule has 0 bridgehead atoms. The third kappa shape index (κ3) is 9.43. The summed E-state index contributed by atoms with van der Waals surface area (Å²) in [6, 6.07) is 5.82. The zero-order valence-electron chi connectivity index (χ0n) is 30.7. The number of amides is 1. The number of hydrogen-bond acceptors (Lipinski definition) is 9. The van der Waals surface area contributed by atoms with E-state index in [0.29, 0.717) is 67.1 Å². The first kappa shape index (κ1) is 39.7. The summed E-state index contributed by atoms with van der Waals surface area (Å²) in [4.78, 5) is 66.2. The van der Waals surface area contributed by atoms with Crippen molar-refractivity contribution in [2.75, 3.05) is 19.6 Å². The number of benzene rings is 1. The van der Waals surface area contributed by atoms with E-state index in [2.05, 4.69) is 23.2 Å². The van der Waals surface area contributed by atoms with Crippen LogP contribution in [-0.4, -0.2) is 58.2 Å². The maximum atomic E-state index is 13.7. The first-order chi connectivity index (χ1) is 24.5. The lowest BCUT2D eigenvalue weighted by atomic mass is 9.95. The summed E-state index contributed by atoms with van der Waals surface area (Å²) >= 11 is 6.50. The van der Waals surface area contributed by atoms with Gasteiger partial charge in [0.2, 0.25) is 5.91 Å². The second-order valence-electron chi connectivity index (χ2n) is 13.1. The topological polar surface area (TPSA) is 137 Å². The van der Waals surface area contributed by atoms with Crippen LogP contribution in [-0.2, 0) is 48.3 Å². The molecule has 1 unspecified atom stereocenters. The lowest BCUT2D eigenvalue weighted by Gasteiger charge is -2.31. The standard InChI is InChI=1S/C28H28ClN3O5.C9H17NO2.C2H6/c1-15-3-5-31(6-4-15)11-19-17-7-16(2)22(29)9-23(17)30-27-20(19)12-32-24(27)8-18-21(28(32)35)13-36-26(34)10-25(18)37-14-33;1-3-8(11)6-5-7-9(12)10-4-2;1-2/h7-9,14-15,25H,3-6,10-13H2,1-2H3;3-7H2,1-2H3,(H,10,12);1-2H3. The highest BCUT2D eigenvalue weighted by atomic mass is 35.5. The monoisotopic (exact) mass is 722 g/mol. The second kappa shape index (κ2) is 18.4. The first-order valence-electron chi connectivity index (χ1n) is 18.2. The van der Waals surface area contributed by atoms with Crippen molar-refractivity contribution in [2.24, 2.45) is 5.92 Å². The van der Waals surface area contributed by atoms with Gasteiger partial charge < -0.3 is 19.4 Å². The van der Waals surface area contributed by atoms with Gasteiger partial charge in [0.25, 0.3) is 12.0 Å². The highest BCUT2D eigenvalue weighted by Gasteiger charge is 2.34. The van der Waals surface area contributed by atoms with E-state index in [-0.39, 0.29) is 30.3 Å². The van der Waals surface area contributed by atoms with E-state index >= 15 is 0 Å². The number of cyclic esters (lactones) is 1. The predicted octanol–water partition coefficient (Wildman–Crippen LogP) is 6.58. The van der Waals surface area contributed by atoms with Gasteiger partial charge in [0.1, 0.15) is 18.5 Å². The molecule has 12 heteroatoms. The minimum atomic E-state index is -0.877. The number of carbonyl (C=O) groups is 4. The molecule has 6 rings (SSSR count). The van der Waals surface area contributed by atoms with E-state index in [4.69, 9.17) is 26.1 Å². The first-order valence-corrected chi connectivity index (χ1v) is 18.6. The highest BCUT2D eigenvalue weighted by Crippen LogP contribution is 2.40. The Morgan fingerprint density at radius 3 is 2.49 bits per heavy atom. The Hall–Kier alpha value is -4.09. The van der Waals surface area contributed by atoms with E-state index in [1.54, 1.807) is 4.57 Å². The van der Waals surface area contributed by atoms with Gasteiger partial charge in [-0.2, -0.15) is 0 Å². The number of esters is 1. The third-order valence-corrected chi connectivity index (χ3v) is 10.1. The number of aromatic nitrogens is 2. The fourth-order valence-corrected chi connectivity index (χ4v) is 6.88. The quantitative estimate of drug-likeness (QED) is 0.142. The van der Waals surface area contributed by atoms with Crippen LogP contribution in [0.25, 0.3) is 22.3 Å². The van der Waals surface area contributed by atoms with Crippen LogP contribution in [0.5, 0.6) is 0 Å². The second-order valence-corrected chi connectivity index (χ2v) is 13.5. The lowest BCUT2D eigenvalue weighted by Crippen LogP contribution is -2.32. The van der Waals surface area contributed by atoms with Gasteiger partial charge in [-0.1, -0.05) is 39.3 Å². The van der Waals surface area contributed by atoms with Crippen LogP contribution in [0.1, 0.15) is 113 Å². The number of nitrogens with one attached hydrogen (secondary N) is 1. The summed E-state index contributed by atoms with van der Waals surface area (Å²) in [7, 11) is 0. The molecule has 5 heterocycles. The highest BCUT2D eigenvalue weighted by molar-refractivity contribution is 6.32. The van der Waals surface area contributed by atoms with E-state index in [1.807, 2.05) is 46.8 Å². The number of halogens is 1. The van der Waals surface area contributed by atoms with Gasteiger partial charge in [0.05, 0.1) is 35.4 Å². The Balaban J connectivity index is 0.000000357. The summed E-state index contributed by atoms with van der Waals surface area (Å²) in [5.41, 5.74) is 5.92. The van der Waals surface area contributed by atoms with Crippen LogP contribution < -0.4 is 10.9 Å². The van der Waals surface area contributed by atoms with Crippen molar-refractivity contribution in [1.29, 1.82) is 0 Å². The minimum Gasteiger partial charge on any atom is -0.460 e. The Bertz CT molecular complexity index is 1810. The molecule has 0 aliphatic carbocycles. The van der Waals surface area contributed by atoms with Crippen molar-refractivity contribution < 1.29 is 28.7 Å². The van der Waals surface area contributed by atoms with Crippen LogP contribution in [0.4, 0.5) is 0 Å². The molecule has 1 saturated heterocycles. The van der Waals surface area contributed by atoms with Crippen molar-refractivity contribution >= 4 is 46.6 Å². The lowest BCUT2D eigenvalue weighted by molar-refractivity contribution is -0.149. The number of nitrogens with zero attached hydrogens (tertiary/aromatic N) is 3. The molecule has 51 heavy (non-hydrogen) atoms. The molecule has 11 nitrogen and oxygen atoms in total. The fraction of sp³-hybridized carbons (Fsp3) is 0.538. The molecule has 3 aliphatic heterocycles. The number of pyridine rings is 2. The number of Topliss-reactive ketones (excluding diaryl/α,β-unsaturated/α-hetero) is 1. The molecule has 0 radical (unpaired) electrons. The van der Waals surface area contributed by atoms with Gasteiger partial charge >= 0.3 is 5.97 Å². The number of rotatable bonds is 10. The predicted molar refractivity (Wildman–Crippen MR) is 197 cm³/mol. The molecular formula is C39H51ClN4O7. The summed E-state index contributed by atoms with van der Waals surface area (Å²) in [6.07, 6.45) is 3.58. The molecular weight excluding hydrogens is 672 g/mol. The van der Waals surface area contributed by atoms with Gasteiger partial charge in [0.15, 0.2) is 0 Å². The number of ether oxygens (including phenoxy) is 2. The van der Waals surface area contributed by atoms with Gasteiger partial charge in [-0.15, -0.1) is 0 Å². The Labute approximate surface area is 305 Å². The van der Waals surface area contributed by atoms with Crippen LogP contribution in [0.3, 0.4) is 0 Å². The summed E-state index contributed by atoms with van der Waals surface area (Å²) in [5, 5.41) is 4.38. The van der Waals surface area contributed by atoms with Crippen LogP contribution in [0.2, 0.25) is 5.02 Å². The van der Waals surface area contributed by atoms with Crippen LogP contribution in [0.15, 0.2) is 23.0 Å². The summed E-state index contributed by atoms with van der Waals surface area (Å²) in [5.74, 6) is 0.493. The third-order valence-electron chi connectivity index (χ3n) is 9.66. The molecule has 1 amide bonds. The zero-order valence-corrected chi connectivity index (χ0v) is 31.5. The smallest absolute Gasteiger partial charge is 0.310 e. The molecule has 0 spiro atoms. The van der Waals surface area contributed by atoms with Crippen molar-refractivity contribution in [3.8, 4) is 11.4 Å². The van der Waals surface area contributed by atoms with Gasteiger partial charge in [-0.3, -0.25) is 28.9 Å². The average Bonchev–Trinajstić information content (AvgIpc) is 3.40. The largest absolute Gasteiger partial charge is 0.460 e. The maximum absolute atomic E-state index is 13.7. The van der Waals surface area contributed by atoms with E-state index in [1.165, 1.54) is 18.4 Å². The van der Waals surface area contributed by atoms with E-state index in [0.717, 1.165) is 53.3 Å². The molecule has 2 aromatic heterocycles. The molecule has 3 aliphatic rings. The van der Waals surface area contributed by atoms with Crippen LogP contribution >= 0.6 is 11.6 Å². The SMILES string of the molecule is CC.CCNC(=O)CCCC(=O)CC.Cc1cc2c(CN3CCC(C)CC3)c3c(nc2cc1Cl)-c1cc2c(c(=O)n1C3)COC(=O)CC2OC=O. The number of likely N-dealkylation sites (tertiary alicyclic amines) is 1. The Kier molecular flexibility index (Phi) is 14.3.